The third kappa shape index (κ3) is 7.36. The molecule has 2 amide bonds. The first-order valence-electron chi connectivity index (χ1n) is 10.8. The lowest BCUT2D eigenvalue weighted by Gasteiger charge is -2.32. The number of hydrogen-bond acceptors (Lipinski definition) is 5. The summed E-state index contributed by atoms with van der Waals surface area (Å²) < 4.78 is 31.5. The zero-order valence-electron chi connectivity index (χ0n) is 20.3. The number of sulfonamides is 1. The Morgan fingerprint density at radius 1 is 1.09 bits per heavy atom. The van der Waals surface area contributed by atoms with Crippen molar-refractivity contribution in [2.75, 3.05) is 24.2 Å². The van der Waals surface area contributed by atoms with Gasteiger partial charge < -0.3 is 15.0 Å². The van der Waals surface area contributed by atoms with E-state index >= 15 is 0 Å². The molecule has 8 nitrogen and oxygen atoms in total. The summed E-state index contributed by atoms with van der Waals surface area (Å²) in [6.45, 7) is 6.66. The molecule has 2 aromatic rings. The second-order valence-corrected chi connectivity index (χ2v) is 10.8. The van der Waals surface area contributed by atoms with Crippen LogP contribution in [0, 0.1) is 6.92 Å². The van der Waals surface area contributed by atoms with Crippen LogP contribution < -0.4 is 14.4 Å². The normalized spacial score (nSPS) is 12.2. The third-order valence-corrected chi connectivity index (χ3v) is 6.58. The van der Waals surface area contributed by atoms with Gasteiger partial charge >= 0.3 is 0 Å². The Morgan fingerprint density at radius 3 is 2.21 bits per heavy atom. The Bertz CT molecular complexity index is 1120. The summed E-state index contributed by atoms with van der Waals surface area (Å²) in [6, 6.07) is 10.9. The van der Waals surface area contributed by atoms with E-state index < -0.39 is 28.5 Å². The Morgan fingerprint density at radius 2 is 1.71 bits per heavy atom. The zero-order chi connectivity index (χ0) is 25.6. The van der Waals surface area contributed by atoms with Crippen LogP contribution in [0.3, 0.4) is 0 Å². The maximum atomic E-state index is 13.5. The molecule has 2 rings (SSSR count). The summed E-state index contributed by atoms with van der Waals surface area (Å²) in [7, 11) is -2.25. The lowest BCUT2D eigenvalue weighted by atomic mass is 10.1. The molecule has 0 unspecified atom stereocenters. The molecule has 10 heteroatoms. The van der Waals surface area contributed by atoms with E-state index in [2.05, 4.69) is 5.32 Å². The molecule has 186 valence electrons. The first kappa shape index (κ1) is 27.5. The third-order valence-electron chi connectivity index (χ3n) is 5.22. The van der Waals surface area contributed by atoms with Gasteiger partial charge in [0.15, 0.2) is 0 Å². The minimum absolute atomic E-state index is 0.114. The number of benzene rings is 2. The molecular weight excluding hydrogens is 478 g/mol. The standard InChI is InChI=1S/C24H32ClN3O5S/c1-16(2)26-24(30)18(4)27(14-19-7-10-21(33-5)11-8-19)23(29)15-28(34(6,31)32)22-12-9-20(25)13-17(22)3/h7-13,16,18H,14-15H2,1-6H3,(H,26,30)/t18-/m1/s1. The smallest absolute Gasteiger partial charge is 0.244 e. The van der Waals surface area contributed by atoms with E-state index in [1.165, 1.54) is 4.90 Å². The van der Waals surface area contributed by atoms with Gasteiger partial charge in [-0.3, -0.25) is 13.9 Å². The molecule has 0 fully saturated rings. The highest BCUT2D eigenvalue weighted by Gasteiger charge is 2.30. The summed E-state index contributed by atoms with van der Waals surface area (Å²) in [5.41, 5.74) is 1.73. The van der Waals surface area contributed by atoms with Crippen LogP contribution in [0.4, 0.5) is 5.69 Å². The molecule has 0 aliphatic carbocycles. The van der Waals surface area contributed by atoms with Gasteiger partial charge in [-0.2, -0.15) is 0 Å². The zero-order valence-corrected chi connectivity index (χ0v) is 21.9. The number of nitrogens with one attached hydrogen (secondary N) is 1. The quantitative estimate of drug-likeness (QED) is 0.529. The highest BCUT2D eigenvalue weighted by Crippen LogP contribution is 2.26. The SMILES string of the molecule is COc1ccc(CN(C(=O)CN(c2ccc(Cl)cc2C)S(C)(=O)=O)[C@H](C)C(=O)NC(C)C)cc1. The summed E-state index contributed by atoms with van der Waals surface area (Å²) in [5, 5.41) is 3.27. The number of aryl methyl sites for hydroxylation is 1. The first-order chi connectivity index (χ1) is 15.8. The molecule has 1 atom stereocenters. The maximum absolute atomic E-state index is 13.5. The molecule has 0 radical (unpaired) electrons. The van der Waals surface area contributed by atoms with Crippen molar-refractivity contribution in [1.82, 2.24) is 10.2 Å². The lowest BCUT2D eigenvalue weighted by molar-refractivity contribution is -0.139. The number of carbonyl (C=O) groups excluding carboxylic acids is 2. The fourth-order valence-corrected chi connectivity index (χ4v) is 4.54. The molecule has 0 aliphatic rings. The number of methoxy groups -OCH3 is 1. The molecule has 0 saturated carbocycles. The van der Waals surface area contributed by atoms with Gasteiger partial charge in [-0.1, -0.05) is 23.7 Å². The van der Waals surface area contributed by atoms with Crippen LogP contribution in [0.25, 0.3) is 0 Å². The summed E-state index contributed by atoms with van der Waals surface area (Å²) in [5.74, 6) is -0.180. The molecule has 2 aromatic carbocycles. The van der Waals surface area contributed by atoms with E-state index in [4.69, 9.17) is 16.3 Å². The number of nitrogens with zero attached hydrogens (tertiary/aromatic N) is 2. The highest BCUT2D eigenvalue weighted by atomic mass is 35.5. The molecule has 0 aliphatic heterocycles. The minimum Gasteiger partial charge on any atom is -0.497 e. The van der Waals surface area contributed by atoms with Crippen molar-refractivity contribution >= 4 is 39.1 Å². The predicted molar refractivity (Wildman–Crippen MR) is 135 cm³/mol. The van der Waals surface area contributed by atoms with Crippen LogP contribution in [0.15, 0.2) is 42.5 Å². The van der Waals surface area contributed by atoms with Crippen molar-refractivity contribution in [2.24, 2.45) is 0 Å². The maximum Gasteiger partial charge on any atom is 0.244 e. The Labute approximate surface area is 206 Å². The molecule has 34 heavy (non-hydrogen) atoms. The molecule has 0 saturated heterocycles. The van der Waals surface area contributed by atoms with Gasteiger partial charge in [-0.15, -0.1) is 0 Å². The van der Waals surface area contributed by atoms with E-state index in [0.29, 0.717) is 22.0 Å². The molecular formula is C24H32ClN3O5S. The number of ether oxygens (including phenoxy) is 1. The molecule has 1 N–H and O–H groups in total. The monoisotopic (exact) mass is 509 g/mol. The van der Waals surface area contributed by atoms with Gasteiger partial charge in [0.1, 0.15) is 18.3 Å². The van der Waals surface area contributed by atoms with Crippen molar-refractivity contribution < 1.29 is 22.7 Å². The average molecular weight is 510 g/mol. The summed E-state index contributed by atoms with van der Waals surface area (Å²) in [4.78, 5) is 27.6. The molecule has 0 bridgehead atoms. The van der Waals surface area contributed by atoms with Crippen LogP contribution in [0.5, 0.6) is 5.75 Å². The van der Waals surface area contributed by atoms with E-state index in [1.54, 1.807) is 63.4 Å². The van der Waals surface area contributed by atoms with Crippen LogP contribution >= 0.6 is 11.6 Å². The fraction of sp³-hybridized carbons (Fsp3) is 0.417. The number of hydrogen-bond donors (Lipinski definition) is 1. The first-order valence-corrected chi connectivity index (χ1v) is 13.0. The summed E-state index contributed by atoms with van der Waals surface area (Å²) >= 11 is 6.03. The Hall–Kier alpha value is -2.78. The fourth-order valence-electron chi connectivity index (χ4n) is 3.41. The molecule has 0 heterocycles. The lowest BCUT2D eigenvalue weighted by Crippen LogP contribution is -2.52. The number of rotatable bonds is 10. The van der Waals surface area contributed by atoms with Crippen molar-refractivity contribution in [3.05, 3.63) is 58.6 Å². The van der Waals surface area contributed by atoms with Crippen molar-refractivity contribution in [1.29, 1.82) is 0 Å². The number of halogens is 1. The van der Waals surface area contributed by atoms with Crippen LogP contribution in [0.1, 0.15) is 31.9 Å². The van der Waals surface area contributed by atoms with Gasteiger partial charge in [0.05, 0.1) is 19.1 Å². The molecule has 0 spiro atoms. The van der Waals surface area contributed by atoms with Gasteiger partial charge in [0.25, 0.3) is 0 Å². The van der Waals surface area contributed by atoms with E-state index in [-0.39, 0.29) is 18.5 Å². The Kier molecular flexibility index (Phi) is 9.35. The Balaban J connectivity index is 2.41. The van der Waals surface area contributed by atoms with Crippen LogP contribution in [-0.2, 0) is 26.2 Å². The second-order valence-electron chi connectivity index (χ2n) is 8.41. The van der Waals surface area contributed by atoms with E-state index in [1.807, 2.05) is 13.8 Å². The topological polar surface area (TPSA) is 96.0 Å². The highest BCUT2D eigenvalue weighted by molar-refractivity contribution is 7.92. The summed E-state index contributed by atoms with van der Waals surface area (Å²) in [6.07, 6.45) is 1.04. The number of carbonyl (C=O) groups is 2. The predicted octanol–water partition coefficient (Wildman–Crippen LogP) is 3.36. The number of amides is 2. The van der Waals surface area contributed by atoms with Crippen molar-refractivity contribution in [3.8, 4) is 5.75 Å². The second kappa shape index (κ2) is 11.6. The van der Waals surface area contributed by atoms with Crippen LogP contribution in [-0.4, -0.2) is 57.1 Å². The van der Waals surface area contributed by atoms with Gasteiger partial charge in [0, 0.05) is 17.6 Å². The van der Waals surface area contributed by atoms with Crippen molar-refractivity contribution in [3.63, 3.8) is 0 Å². The largest absolute Gasteiger partial charge is 0.497 e. The van der Waals surface area contributed by atoms with E-state index in [9.17, 15) is 18.0 Å². The average Bonchev–Trinajstić information content (AvgIpc) is 2.75. The van der Waals surface area contributed by atoms with Crippen LogP contribution in [0.2, 0.25) is 5.02 Å². The molecule has 0 aromatic heterocycles. The number of anilines is 1. The van der Waals surface area contributed by atoms with Gasteiger partial charge in [-0.25, -0.2) is 8.42 Å². The van der Waals surface area contributed by atoms with Gasteiger partial charge in [-0.05, 0) is 69.2 Å². The van der Waals surface area contributed by atoms with Crippen molar-refractivity contribution in [2.45, 2.75) is 46.3 Å². The van der Waals surface area contributed by atoms with Gasteiger partial charge in [0.2, 0.25) is 21.8 Å². The van der Waals surface area contributed by atoms with E-state index in [0.717, 1.165) is 16.1 Å². The minimum atomic E-state index is -3.80.